The summed E-state index contributed by atoms with van der Waals surface area (Å²) >= 11 is 0. The first kappa shape index (κ1) is 18.0. The van der Waals surface area contributed by atoms with E-state index >= 15 is 0 Å². The number of nitrogens with one attached hydrogen (secondary N) is 2. The molecule has 1 aliphatic rings. The highest BCUT2D eigenvalue weighted by Crippen LogP contribution is 2.17. The highest BCUT2D eigenvalue weighted by atomic mass is 35.5. The van der Waals surface area contributed by atoms with Crippen LogP contribution in [0.3, 0.4) is 0 Å². The number of rotatable bonds is 6. The molecular formula is C17H27ClN2O. The van der Waals surface area contributed by atoms with Crippen molar-refractivity contribution >= 4 is 24.0 Å². The van der Waals surface area contributed by atoms with Crippen LogP contribution in [0, 0.1) is 5.92 Å². The summed E-state index contributed by atoms with van der Waals surface area (Å²) in [6.07, 6.45) is 6.81. The van der Waals surface area contributed by atoms with Gasteiger partial charge in [0.1, 0.15) is 0 Å². The normalized spacial score (nSPS) is 15.3. The second kappa shape index (κ2) is 9.80. The van der Waals surface area contributed by atoms with Gasteiger partial charge in [-0.15, -0.1) is 12.4 Å². The van der Waals surface area contributed by atoms with Crippen molar-refractivity contribution in [2.75, 3.05) is 18.4 Å². The third-order valence-corrected chi connectivity index (χ3v) is 4.00. The van der Waals surface area contributed by atoms with Gasteiger partial charge in [-0.05, 0) is 56.5 Å². The van der Waals surface area contributed by atoms with Crippen molar-refractivity contribution < 1.29 is 4.79 Å². The van der Waals surface area contributed by atoms with Gasteiger partial charge in [-0.3, -0.25) is 4.79 Å². The molecule has 1 aromatic rings. The second-order valence-electron chi connectivity index (χ2n) is 5.67. The third kappa shape index (κ3) is 6.06. The van der Waals surface area contributed by atoms with E-state index in [0.29, 0.717) is 0 Å². The Balaban J connectivity index is 0.00000220. The van der Waals surface area contributed by atoms with Crippen LogP contribution >= 0.6 is 12.4 Å². The molecule has 2 rings (SSSR count). The molecule has 4 heteroatoms. The summed E-state index contributed by atoms with van der Waals surface area (Å²) in [5.41, 5.74) is 2.28. The summed E-state index contributed by atoms with van der Waals surface area (Å²) < 4.78 is 0. The van der Waals surface area contributed by atoms with Crippen molar-refractivity contribution in [2.24, 2.45) is 5.92 Å². The van der Waals surface area contributed by atoms with Gasteiger partial charge in [-0.25, -0.2) is 0 Å². The Morgan fingerprint density at radius 1 is 1.19 bits per heavy atom. The molecule has 21 heavy (non-hydrogen) atoms. The summed E-state index contributed by atoms with van der Waals surface area (Å²) in [6.45, 7) is 4.13. The zero-order valence-corrected chi connectivity index (χ0v) is 13.7. The topological polar surface area (TPSA) is 41.1 Å². The average molecular weight is 311 g/mol. The number of anilines is 1. The van der Waals surface area contributed by atoms with E-state index in [0.717, 1.165) is 38.0 Å². The third-order valence-electron chi connectivity index (χ3n) is 4.00. The van der Waals surface area contributed by atoms with Crippen molar-refractivity contribution in [2.45, 2.75) is 45.4 Å². The van der Waals surface area contributed by atoms with Crippen LogP contribution < -0.4 is 10.6 Å². The number of halogens is 1. The number of unbranched alkanes of at least 4 members (excludes halogenated alkanes) is 2. The number of hydrogen-bond acceptors (Lipinski definition) is 2. The van der Waals surface area contributed by atoms with Crippen molar-refractivity contribution in [1.29, 1.82) is 0 Å². The summed E-state index contributed by atoms with van der Waals surface area (Å²) in [4.78, 5) is 12.1. The van der Waals surface area contributed by atoms with Gasteiger partial charge >= 0.3 is 0 Å². The van der Waals surface area contributed by atoms with E-state index in [1.165, 1.54) is 24.8 Å². The fourth-order valence-corrected chi connectivity index (χ4v) is 2.66. The van der Waals surface area contributed by atoms with Crippen LogP contribution in [0.15, 0.2) is 24.3 Å². The van der Waals surface area contributed by atoms with E-state index in [9.17, 15) is 4.79 Å². The maximum atomic E-state index is 12.1. The van der Waals surface area contributed by atoms with Gasteiger partial charge in [0, 0.05) is 11.6 Å². The number of aryl methyl sites for hydroxylation is 1. The molecule has 1 saturated heterocycles. The minimum Gasteiger partial charge on any atom is -0.326 e. The molecule has 2 N–H and O–H groups in total. The minimum absolute atomic E-state index is 0. The molecule has 1 aliphatic heterocycles. The molecule has 1 amide bonds. The number of amides is 1. The van der Waals surface area contributed by atoms with Gasteiger partial charge in [0.2, 0.25) is 5.91 Å². The van der Waals surface area contributed by atoms with E-state index in [1.807, 2.05) is 12.1 Å². The second-order valence-corrected chi connectivity index (χ2v) is 5.67. The van der Waals surface area contributed by atoms with Crippen LogP contribution in [0.1, 0.15) is 44.6 Å². The van der Waals surface area contributed by atoms with Crippen LogP contribution in [-0.2, 0) is 11.2 Å². The standard InChI is InChI=1S/C17H26N2O.ClH/c1-2-3-4-5-14-6-8-16(9-7-14)19-17(20)15-10-12-18-13-11-15;/h6-9,15,18H,2-5,10-13H2,1H3,(H,19,20);1H. The Morgan fingerprint density at radius 3 is 2.48 bits per heavy atom. The van der Waals surface area contributed by atoms with Crippen molar-refractivity contribution in [3.63, 3.8) is 0 Å². The molecule has 0 saturated carbocycles. The summed E-state index contributed by atoms with van der Waals surface area (Å²) in [5.74, 6) is 0.339. The van der Waals surface area contributed by atoms with Gasteiger partial charge in [-0.1, -0.05) is 31.9 Å². The molecule has 0 aliphatic carbocycles. The molecule has 0 bridgehead atoms. The summed E-state index contributed by atoms with van der Waals surface area (Å²) in [6, 6.07) is 8.32. The lowest BCUT2D eigenvalue weighted by atomic mass is 9.97. The van der Waals surface area contributed by atoms with E-state index in [1.54, 1.807) is 0 Å². The molecule has 1 heterocycles. The van der Waals surface area contributed by atoms with Gasteiger partial charge in [0.15, 0.2) is 0 Å². The highest BCUT2D eigenvalue weighted by molar-refractivity contribution is 5.92. The number of benzene rings is 1. The lowest BCUT2D eigenvalue weighted by molar-refractivity contribution is -0.120. The lowest BCUT2D eigenvalue weighted by Crippen LogP contribution is -2.34. The first-order valence-electron chi connectivity index (χ1n) is 7.90. The Hall–Kier alpha value is -1.06. The van der Waals surface area contributed by atoms with Crippen molar-refractivity contribution in [3.8, 4) is 0 Å². The largest absolute Gasteiger partial charge is 0.326 e. The van der Waals surface area contributed by atoms with E-state index < -0.39 is 0 Å². The molecule has 0 spiro atoms. The van der Waals surface area contributed by atoms with Crippen LogP contribution in [0.2, 0.25) is 0 Å². The molecule has 118 valence electrons. The molecule has 0 aromatic heterocycles. The molecule has 3 nitrogen and oxygen atoms in total. The smallest absolute Gasteiger partial charge is 0.227 e. The fraction of sp³-hybridized carbons (Fsp3) is 0.588. The Labute approximate surface area is 134 Å². The Kier molecular flexibility index (Phi) is 8.40. The average Bonchev–Trinajstić information content (AvgIpc) is 2.50. The fourth-order valence-electron chi connectivity index (χ4n) is 2.66. The van der Waals surface area contributed by atoms with E-state index in [-0.39, 0.29) is 24.2 Å². The van der Waals surface area contributed by atoms with Crippen molar-refractivity contribution in [1.82, 2.24) is 5.32 Å². The van der Waals surface area contributed by atoms with Gasteiger partial charge in [-0.2, -0.15) is 0 Å². The zero-order chi connectivity index (χ0) is 14.2. The monoisotopic (exact) mass is 310 g/mol. The Morgan fingerprint density at radius 2 is 1.86 bits per heavy atom. The maximum Gasteiger partial charge on any atom is 0.227 e. The van der Waals surface area contributed by atoms with Crippen LogP contribution in [0.25, 0.3) is 0 Å². The SMILES string of the molecule is CCCCCc1ccc(NC(=O)C2CCNCC2)cc1.Cl. The Bertz CT molecular complexity index is 413. The number of piperidine rings is 1. The van der Waals surface area contributed by atoms with Gasteiger partial charge in [0.05, 0.1) is 0 Å². The number of carbonyl (C=O) groups is 1. The quantitative estimate of drug-likeness (QED) is 0.785. The van der Waals surface area contributed by atoms with Gasteiger partial charge < -0.3 is 10.6 Å². The molecule has 0 unspecified atom stereocenters. The van der Waals surface area contributed by atoms with E-state index in [4.69, 9.17) is 0 Å². The predicted molar refractivity (Wildman–Crippen MR) is 91.1 cm³/mol. The van der Waals surface area contributed by atoms with E-state index in [2.05, 4.69) is 29.7 Å². The summed E-state index contributed by atoms with van der Waals surface area (Å²) in [7, 11) is 0. The highest BCUT2D eigenvalue weighted by Gasteiger charge is 2.20. The molecule has 1 fully saturated rings. The number of hydrogen-bond donors (Lipinski definition) is 2. The maximum absolute atomic E-state index is 12.1. The zero-order valence-electron chi connectivity index (χ0n) is 12.9. The first-order chi connectivity index (χ1) is 9.79. The predicted octanol–water partition coefficient (Wildman–Crippen LogP) is 3.78. The molecular weight excluding hydrogens is 284 g/mol. The molecule has 1 aromatic carbocycles. The van der Waals surface area contributed by atoms with Crippen LogP contribution in [-0.4, -0.2) is 19.0 Å². The lowest BCUT2D eigenvalue weighted by Gasteiger charge is -2.21. The number of carbonyl (C=O) groups excluding carboxylic acids is 1. The minimum atomic E-state index is 0. The molecule has 0 atom stereocenters. The van der Waals surface area contributed by atoms with Crippen LogP contribution in [0.4, 0.5) is 5.69 Å². The van der Waals surface area contributed by atoms with Gasteiger partial charge in [0.25, 0.3) is 0 Å². The summed E-state index contributed by atoms with van der Waals surface area (Å²) in [5, 5.41) is 6.32. The van der Waals surface area contributed by atoms with Crippen molar-refractivity contribution in [3.05, 3.63) is 29.8 Å². The first-order valence-corrected chi connectivity index (χ1v) is 7.90. The van der Waals surface area contributed by atoms with Crippen LogP contribution in [0.5, 0.6) is 0 Å². The molecule has 0 radical (unpaired) electrons.